The summed E-state index contributed by atoms with van der Waals surface area (Å²) in [5.41, 5.74) is 3.80. The average Bonchev–Trinajstić information content (AvgIpc) is 3.16. The average molecular weight is 382 g/mol. The minimum Gasteiger partial charge on any atom is -0.497 e. The highest BCUT2D eigenvalue weighted by molar-refractivity contribution is 5.81. The van der Waals surface area contributed by atoms with Crippen molar-refractivity contribution in [2.75, 3.05) is 28.4 Å². The molecule has 0 aliphatic rings. The summed E-state index contributed by atoms with van der Waals surface area (Å²) in [5.74, 6) is 2.81. The van der Waals surface area contributed by atoms with E-state index in [9.17, 15) is 0 Å². The number of ether oxygens (including phenoxy) is 4. The first kappa shape index (κ1) is 19.6. The zero-order chi connectivity index (χ0) is 20.1. The molecule has 0 bridgehead atoms. The molecule has 0 N–H and O–H groups in total. The van der Waals surface area contributed by atoms with Crippen LogP contribution in [-0.4, -0.2) is 38.0 Å². The molecule has 0 saturated heterocycles. The summed E-state index contributed by atoms with van der Waals surface area (Å²) in [4.78, 5) is 4.71. The number of imidazole rings is 1. The van der Waals surface area contributed by atoms with Crippen molar-refractivity contribution in [3.05, 3.63) is 42.7 Å². The largest absolute Gasteiger partial charge is 0.497 e. The summed E-state index contributed by atoms with van der Waals surface area (Å²) >= 11 is 0. The summed E-state index contributed by atoms with van der Waals surface area (Å²) in [6.07, 6.45) is 2.87. The van der Waals surface area contributed by atoms with E-state index in [0.29, 0.717) is 11.5 Å². The smallest absolute Gasteiger partial charge is 0.161 e. The number of benzene rings is 2. The second-order valence-electron chi connectivity index (χ2n) is 6.31. The van der Waals surface area contributed by atoms with Crippen LogP contribution in [0.4, 0.5) is 0 Å². The van der Waals surface area contributed by atoms with Crippen molar-refractivity contribution >= 4 is 0 Å². The van der Waals surface area contributed by atoms with Crippen LogP contribution in [0.5, 0.6) is 23.0 Å². The molecule has 1 aromatic heterocycles. The van der Waals surface area contributed by atoms with Crippen LogP contribution in [0.1, 0.15) is 13.3 Å². The Bertz CT molecular complexity index is 927. The lowest BCUT2D eigenvalue weighted by Gasteiger charge is -2.14. The van der Waals surface area contributed by atoms with Crippen molar-refractivity contribution < 1.29 is 18.9 Å². The molecule has 6 heteroatoms. The van der Waals surface area contributed by atoms with Crippen molar-refractivity contribution in [3.63, 3.8) is 0 Å². The molecular formula is C22H26N2O4. The van der Waals surface area contributed by atoms with Gasteiger partial charge in [0.1, 0.15) is 11.5 Å². The zero-order valence-electron chi connectivity index (χ0n) is 17.0. The van der Waals surface area contributed by atoms with Crippen molar-refractivity contribution in [1.29, 1.82) is 0 Å². The maximum atomic E-state index is 5.50. The van der Waals surface area contributed by atoms with E-state index in [1.54, 1.807) is 28.4 Å². The number of rotatable bonds is 8. The van der Waals surface area contributed by atoms with Crippen molar-refractivity contribution in [2.45, 2.75) is 19.9 Å². The van der Waals surface area contributed by atoms with Gasteiger partial charge in [-0.2, -0.15) is 0 Å². The summed E-state index contributed by atoms with van der Waals surface area (Å²) in [6.45, 7) is 3.00. The van der Waals surface area contributed by atoms with Crippen molar-refractivity contribution in [3.8, 4) is 45.5 Å². The highest BCUT2D eigenvalue weighted by atomic mass is 16.5. The number of aryl methyl sites for hydroxylation is 1. The third-order valence-corrected chi connectivity index (χ3v) is 4.58. The third-order valence-electron chi connectivity index (χ3n) is 4.58. The first-order chi connectivity index (χ1) is 13.6. The Balaban J connectivity index is 2.20. The maximum absolute atomic E-state index is 5.50. The molecule has 0 aliphatic heterocycles. The first-order valence-electron chi connectivity index (χ1n) is 9.16. The van der Waals surface area contributed by atoms with Gasteiger partial charge in [-0.3, -0.25) is 0 Å². The number of methoxy groups -OCH3 is 4. The highest BCUT2D eigenvalue weighted by Crippen LogP contribution is 2.38. The van der Waals surface area contributed by atoms with E-state index in [1.807, 2.05) is 42.7 Å². The summed E-state index contributed by atoms with van der Waals surface area (Å²) < 4.78 is 23.9. The van der Waals surface area contributed by atoms with Crippen LogP contribution >= 0.6 is 0 Å². The molecule has 0 spiro atoms. The van der Waals surface area contributed by atoms with Gasteiger partial charge in [-0.1, -0.05) is 6.92 Å². The van der Waals surface area contributed by atoms with Gasteiger partial charge in [-0.05, 0) is 36.8 Å². The Hall–Kier alpha value is -3.15. The van der Waals surface area contributed by atoms with Gasteiger partial charge in [0.05, 0.1) is 46.2 Å². The van der Waals surface area contributed by atoms with E-state index in [1.165, 1.54) is 0 Å². The fourth-order valence-electron chi connectivity index (χ4n) is 3.23. The number of hydrogen-bond donors (Lipinski definition) is 0. The van der Waals surface area contributed by atoms with Crippen LogP contribution < -0.4 is 18.9 Å². The fraction of sp³-hybridized carbons (Fsp3) is 0.318. The third kappa shape index (κ3) is 3.76. The van der Waals surface area contributed by atoms with E-state index in [4.69, 9.17) is 23.9 Å². The molecule has 0 unspecified atom stereocenters. The molecular weight excluding hydrogens is 356 g/mol. The number of nitrogens with zero attached hydrogens (tertiary/aromatic N) is 2. The molecule has 28 heavy (non-hydrogen) atoms. The van der Waals surface area contributed by atoms with Gasteiger partial charge in [0.2, 0.25) is 0 Å². The lowest BCUT2D eigenvalue weighted by molar-refractivity contribution is 0.355. The molecule has 6 nitrogen and oxygen atoms in total. The van der Waals surface area contributed by atoms with Crippen molar-refractivity contribution in [1.82, 2.24) is 9.55 Å². The quantitative estimate of drug-likeness (QED) is 0.567. The van der Waals surface area contributed by atoms with Gasteiger partial charge in [0.25, 0.3) is 0 Å². The van der Waals surface area contributed by atoms with Crippen LogP contribution in [0, 0.1) is 0 Å². The number of aromatic nitrogens is 2. The molecule has 3 aromatic rings. The van der Waals surface area contributed by atoms with Crippen LogP contribution in [0.3, 0.4) is 0 Å². The van der Waals surface area contributed by atoms with Gasteiger partial charge >= 0.3 is 0 Å². The minimum atomic E-state index is 0.679. The predicted molar refractivity (Wildman–Crippen MR) is 110 cm³/mol. The van der Waals surface area contributed by atoms with Gasteiger partial charge in [-0.25, -0.2) is 4.98 Å². The maximum Gasteiger partial charge on any atom is 0.161 e. The molecule has 0 amide bonds. The Labute approximate surface area is 165 Å². The Morgan fingerprint density at radius 2 is 1.46 bits per heavy atom. The van der Waals surface area contributed by atoms with Crippen LogP contribution in [0.15, 0.2) is 42.7 Å². The Morgan fingerprint density at radius 1 is 0.786 bits per heavy atom. The van der Waals surface area contributed by atoms with Crippen LogP contribution in [0.25, 0.3) is 22.5 Å². The highest BCUT2D eigenvalue weighted by Gasteiger charge is 2.18. The van der Waals surface area contributed by atoms with Gasteiger partial charge in [0, 0.05) is 23.7 Å². The lowest BCUT2D eigenvalue weighted by atomic mass is 10.0. The number of hydrogen-bond acceptors (Lipinski definition) is 5. The van der Waals surface area contributed by atoms with E-state index in [-0.39, 0.29) is 0 Å². The summed E-state index contributed by atoms with van der Waals surface area (Å²) in [5, 5.41) is 0. The normalized spacial score (nSPS) is 10.6. The van der Waals surface area contributed by atoms with E-state index in [0.717, 1.165) is 47.0 Å². The summed E-state index contributed by atoms with van der Waals surface area (Å²) in [7, 11) is 6.55. The van der Waals surface area contributed by atoms with Gasteiger partial charge < -0.3 is 23.5 Å². The van der Waals surface area contributed by atoms with Gasteiger partial charge in [-0.15, -0.1) is 0 Å². The second-order valence-corrected chi connectivity index (χ2v) is 6.31. The molecule has 0 aliphatic carbocycles. The molecule has 1 heterocycles. The molecule has 0 saturated carbocycles. The fourth-order valence-corrected chi connectivity index (χ4v) is 3.23. The Morgan fingerprint density at radius 3 is 2.04 bits per heavy atom. The lowest BCUT2D eigenvalue weighted by Crippen LogP contribution is -1.99. The van der Waals surface area contributed by atoms with E-state index in [2.05, 4.69) is 11.5 Å². The van der Waals surface area contributed by atoms with Gasteiger partial charge in [0.15, 0.2) is 11.5 Å². The minimum absolute atomic E-state index is 0.679. The molecule has 0 fully saturated rings. The Kier molecular flexibility index (Phi) is 6.09. The zero-order valence-corrected chi connectivity index (χ0v) is 17.0. The second kappa shape index (κ2) is 8.69. The first-order valence-corrected chi connectivity index (χ1v) is 9.16. The molecule has 3 rings (SSSR count). The summed E-state index contributed by atoms with van der Waals surface area (Å²) in [6, 6.07) is 11.7. The SMILES string of the molecule is CCCn1cnc(-c2cc(OC)cc(OC)c2)c1-c1ccc(OC)c(OC)c1. The van der Waals surface area contributed by atoms with E-state index >= 15 is 0 Å². The molecule has 0 atom stereocenters. The van der Waals surface area contributed by atoms with E-state index < -0.39 is 0 Å². The van der Waals surface area contributed by atoms with Crippen LogP contribution in [-0.2, 0) is 6.54 Å². The molecule has 0 radical (unpaired) electrons. The monoisotopic (exact) mass is 382 g/mol. The standard InChI is InChI=1S/C22H26N2O4/c1-6-9-24-14-23-21(16-10-17(25-2)13-18(11-16)26-3)22(24)15-7-8-19(27-4)20(12-15)28-5/h7-8,10-14H,6,9H2,1-5H3. The van der Waals surface area contributed by atoms with Crippen molar-refractivity contribution in [2.24, 2.45) is 0 Å². The van der Waals surface area contributed by atoms with Crippen LogP contribution in [0.2, 0.25) is 0 Å². The predicted octanol–water partition coefficient (Wildman–Crippen LogP) is 4.66. The topological polar surface area (TPSA) is 54.7 Å². The molecule has 2 aromatic carbocycles. The molecule has 148 valence electrons.